The van der Waals surface area contributed by atoms with E-state index in [2.05, 4.69) is 15.3 Å². The molecule has 2 aromatic heterocycles. The third-order valence-corrected chi connectivity index (χ3v) is 3.76. The van der Waals surface area contributed by atoms with Gasteiger partial charge < -0.3 is 4.90 Å². The first-order valence-corrected chi connectivity index (χ1v) is 7.14. The lowest BCUT2D eigenvalue weighted by molar-refractivity contribution is -0.0555. The van der Waals surface area contributed by atoms with Crippen molar-refractivity contribution in [3.63, 3.8) is 0 Å². The molecule has 3 heterocycles. The van der Waals surface area contributed by atoms with Crippen molar-refractivity contribution in [2.45, 2.75) is 25.3 Å². The van der Waals surface area contributed by atoms with Gasteiger partial charge in [-0.3, -0.25) is 9.67 Å². The Morgan fingerprint density at radius 3 is 2.55 bits per heavy atom. The van der Waals surface area contributed by atoms with E-state index in [0.717, 1.165) is 6.20 Å². The van der Waals surface area contributed by atoms with Crippen LogP contribution in [0.15, 0.2) is 24.5 Å². The smallest absolute Gasteiger partial charge is 0.250 e. The van der Waals surface area contributed by atoms with Crippen molar-refractivity contribution in [2.75, 3.05) is 19.6 Å². The molecule has 1 fully saturated rings. The minimum atomic E-state index is -2.52. The van der Waals surface area contributed by atoms with E-state index in [1.54, 1.807) is 10.9 Å². The van der Waals surface area contributed by atoms with Crippen molar-refractivity contribution in [3.8, 4) is 11.4 Å². The molecule has 0 unspecified atom stereocenters. The molecule has 118 valence electrons. The second-order valence-corrected chi connectivity index (χ2v) is 5.43. The summed E-state index contributed by atoms with van der Waals surface area (Å²) in [4.78, 5) is 5.94. The zero-order valence-electron chi connectivity index (χ0n) is 11.9. The summed E-state index contributed by atoms with van der Waals surface area (Å²) in [5.74, 6) is -2.93. The molecule has 0 bridgehead atoms. The fraction of sp³-hybridized carbons (Fsp3) is 0.500. The van der Waals surface area contributed by atoms with E-state index < -0.39 is 11.7 Å². The number of hydrogen-bond acceptors (Lipinski definition) is 4. The van der Waals surface area contributed by atoms with Crippen LogP contribution in [-0.2, 0) is 6.54 Å². The number of rotatable bonds is 4. The molecule has 22 heavy (non-hydrogen) atoms. The third kappa shape index (κ3) is 3.62. The first-order valence-electron chi connectivity index (χ1n) is 7.14. The van der Waals surface area contributed by atoms with Crippen LogP contribution in [0.1, 0.15) is 12.8 Å². The van der Waals surface area contributed by atoms with Crippen LogP contribution in [0.5, 0.6) is 0 Å². The van der Waals surface area contributed by atoms with Crippen molar-refractivity contribution in [2.24, 2.45) is 0 Å². The van der Waals surface area contributed by atoms with E-state index in [0.29, 0.717) is 37.6 Å². The number of likely N-dealkylation sites (tertiary alicyclic amines) is 1. The van der Waals surface area contributed by atoms with Gasteiger partial charge in [-0.05, 0) is 12.1 Å². The van der Waals surface area contributed by atoms with Crippen LogP contribution in [-0.4, -0.2) is 50.4 Å². The van der Waals surface area contributed by atoms with Gasteiger partial charge in [0.1, 0.15) is 11.5 Å². The molecule has 1 saturated heterocycles. The van der Waals surface area contributed by atoms with Crippen molar-refractivity contribution in [1.29, 1.82) is 0 Å². The highest BCUT2D eigenvalue weighted by Crippen LogP contribution is 2.27. The predicted molar refractivity (Wildman–Crippen MR) is 73.8 cm³/mol. The van der Waals surface area contributed by atoms with Gasteiger partial charge in [-0.2, -0.15) is 0 Å². The minimum Gasteiger partial charge on any atom is -0.301 e. The summed E-state index contributed by atoms with van der Waals surface area (Å²) in [6.45, 7) is 2.01. The average Bonchev–Trinajstić information content (AvgIpc) is 2.96. The summed E-state index contributed by atoms with van der Waals surface area (Å²) in [6, 6.07) is 2.85. The first kappa shape index (κ1) is 15.0. The summed E-state index contributed by atoms with van der Waals surface area (Å²) < 4.78 is 40.6. The molecule has 0 saturated carbocycles. The van der Waals surface area contributed by atoms with Crippen LogP contribution < -0.4 is 0 Å². The summed E-state index contributed by atoms with van der Waals surface area (Å²) >= 11 is 0. The highest BCUT2D eigenvalue weighted by molar-refractivity contribution is 5.51. The standard InChI is InChI=1S/C14H16F3N5/c15-11-1-2-12(18-9-11)13-10-22(20-19-13)8-7-21-5-3-14(16,17)4-6-21/h1-2,9-10H,3-8H2. The second kappa shape index (κ2) is 6.04. The molecule has 0 spiro atoms. The van der Waals surface area contributed by atoms with Crippen molar-refractivity contribution in [1.82, 2.24) is 24.9 Å². The summed E-state index contributed by atoms with van der Waals surface area (Å²) in [5, 5.41) is 7.98. The van der Waals surface area contributed by atoms with Gasteiger partial charge in [-0.25, -0.2) is 13.2 Å². The van der Waals surface area contributed by atoms with Gasteiger partial charge >= 0.3 is 0 Å². The molecule has 1 aliphatic heterocycles. The molecule has 8 heteroatoms. The van der Waals surface area contributed by atoms with E-state index in [1.807, 2.05) is 4.90 Å². The molecule has 0 aliphatic carbocycles. The first-order chi connectivity index (χ1) is 10.5. The van der Waals surface area contributed by atoms with Crippen LogP contribution in [0.3, 0.4) is 0 Å². The van der Waals surface area contributed by atoms with Gasteiger partial charge in [-0.15, -0.1) is 5.10 Å². The summed E-state index contributed by atoms with van der Waals surface area (Å²) in [5.41, 5.74) is 1.11. The SMILES string of the molecule is Fc1ccc(-c2cn(CCN3CCC(F)(F)CC3)nn2)nc1. The highest BCUT2D eigenvalue weighted by Gasteiger charge is 2.33. The Bertz CT molecular complexity index is 616. The Labute approximate surface area is 125 Å². The molecule has 0 radical (unpaired) electrons. The molecule has 5 nitrogen and oxygen atoms in total. The maximum Gasteiger partial charge on any atom is 0.250 e. The number of hydrogen-bond donors (Lipinski definition) is 0. The molecular weight excluding hydrogens is 295 g/mol. The lowest BCUT2D eigenvalue weighted by atomic mass is 10.1. The van der Waals surface area contributed by atoms with E-state index in [1.165, 1.54) is 12.1 Å². The molecule has 1 aliphatic rings. The number of alkyl halides is 2. The molecular formula is C14H16F3N5. The predicted octanol–water partition coefficient (Wildman–Crippen LogP) is 2.21. The van der Waals surface area contributed by atoms with E-state index >= 15 is 0 Å². The monoisotopic (exact) mass is 311 g/mol. The van der Waals surface area contributed by atoms with Crippen molar-refractivity contribution < 1.29 is 13.2 Å². The van der Waals surface area contributed by atoms with Gasteiger partial charge in [0.15, 0.2) is 0 Å². The maximum atomic E-state index is 13.1. The van der Waals surface area contributed by atoms with Crippen LogP contribution in [0.2, 0.25) is 0 Å². The number of aromatic nitrogens is 4. The third-order valence-electron chi connectivity index (χ3n) is 3.76. The van der Waals surface area contributed by atoms with E-state index in [-0.39, 0.29) is 12.8 Å². The second-order valence-electron chi connectivity index (χ2n) is 5.43. The van der Waals surface area contributed by atoms with Crippen molar-refractivity contribution in [3.05, 3.63) is 30.3 Å². The van der Waals surface area contributed by atoms with Gasteiger partial charge in [0.05, 0.1) is 24.6 Å². The Balaban J connectivity index is 1.55. The van der Waals surface area contributed by atoms with Gasteiger partial charge in [-0.1, -0.05) is 5.21 Å². The van der Waals surface area contributed by atoms with Gasteiger partial charge in [0, 0.05) is 32.5 Å². The van der Waals surface area contributed by atoms with Crippen LogP contribution >= 0.6 is 0 Å². The van der Waals surface area contributed by atoms with E-state index in [4.69, 9.17) is 0 Å². The van der Waals surface area contributed by atoms with Crippen LogP contribution in [0.4, 0.5) is 13.2 Å². The molecule has 3 rings (SSSR count). The maximum absolute atomic E-state index is 13.1. The molecule has 0 aromatic carbocycles. The topological polar surface area (TPSA) is 46.8 Å². The van der Waals surface area contributed by atoms with Crippen molar-refractivity contribution >= 4 is 0 Å². The Morgan fingerprint density at radius 2 is 1.86 bits per heavy atom. The average molecular weight is 311 g/mol. The Hall–Kier alpha value is -1.96. The Morgan fingerprint density at radius 1 is 1.09 bits per heavy atom. The fourth-order valence-corrected chi connectivity index (χ4v) is 2.40. The highest BCUT2D eigenvalue weighted by atomic mass is 19.3. The molecule has 0 N–H and O–H groups in total. The zero-order valence-corrected chi connectivity index (χ0v) is 11.9. The van der Waals surface area contributed by atoms with E-state index in [9.17, 15) is 13.2 Å². The van der Waals surface area contributed by atoms with Crippen LogP contribution in [0, 0.1) is 5.82 Å². The largest absolute Gasteiger partial charge is 0.301 e. The zero-order chi connectivity index (χ0) is 15.6. The summed E-state index contributed by atoms with van der Waals surface area (Å²) in [7, 11) is 0. The number of piperidine rings is 1. The molecule has 2 aromatic rings. The summed E-state index contributed by atoms with van der Waals surface area (Å²) in [6.07, 6.45) is 2.67. The quantitative estimate of drug-likeness (QED) is 0.868. The lowest BCUT2D eigenvalue weighted by Crippen LogP contribution is -2.40. The Kier molecular flexibility index (Phi) is 4.10. The number of pyridine rings is 1. The van der Waals surface area contributed by atoms with Gasteiger partial charge in [0.2, 0.25) is 0 Å². The van der Waals surface area contributed by atoms with Gasteiger partial charge in [0.25, 0.3) is 5.92 Å². The number of nitrogens with zero attached hydrogens (tertiary/aromatic N) is 5. The lowest BCUT2D eigenvalue weighted by Gasteiger charge is -2.31. The molecule has 0 amide bonds. The van der Waals surface area contributed by atoms with Crippen LogP contribution in [0.25, 0.3) is 11.4 Å². The number of halogens is 3. The molecule has 0 atom stereocenters. The normalized spacial score (nSPS) is 18.5. The minimum absolute atomic E-state index is 0.0882. The fourth-order valence-electron chi connectivity index (χ4n) is 2.40.